The highest BCUT2D eigenvalue weighted by molar-refractivity contribution is 6.16. The van der Waals surface area contributed by atoms with Crippen LogP contribution in [0, 0.1) is 0 Å². The molecule has 0 saturated heterocycles. The van der Waals surface area contributed by atoms with E-state index in [0.29, 0.717) is 0 Å². The highest BCUT2D eigenvalue weighted by Gasteiger charge is 2.36. The van der Waals surface area contributed by atoms with E-state index in [1.807, 2.05) is 6.07 Å². The summed E-state index contributed by atoms with van der Waals surface area (Å²) < 4.78 is 6.53. The number of hydrogen-bond acceptors (Lipinski definition) is 1. The van der Waals surface area contributed by atoms with Crippen LogP contribution in [0.5, 0.6) is 0 Å². The fraction of sp³-hybridized carbons (Fsp3) is 0.137. The van der Waals surface area contributed by atoms with Crippen molar-refractivity contribution in [1.82, 2.24) is 0 Å². The highest BCUT2D eigenvalue weighted by atomic mass is 16.3. The topological polar surface area (TPSA) is 13.1 Å². The van der Waals surface area contributed by atoms with Crippen molar-refractivity contribution in [3.63, 3.8) is 0 Å². The summed E-state index contributed by atoms with van der Waals surface area (Å²) in [5.74, 6) is 0. The molecule has 10 rings (SSSR count). The van der Waals surface area contributed by atoms with Crippen LogP contribution in [0.25, 0.3) is 71.3 Å². The second-order valence-electron chi connectivity index (χ2n) is 15.1. The van der Waals surface area contributed by atoms with Gasteiger partial charge in [0.25, 0.3) is 0 Å². The van der Waals surface area contributed by atoms with Crippen LogP contribution in [0.15, 0.2) is 173 Å². The van der Waals surface area contributed by atoms with Crippen LogP contribution in [0.3, 0.4) is 0 Å². The average Bonchev–Trinajstić information content (AvgIpc) is 3.68. The number of rotatable bonds is 3. The zero-order valence-electron chi connectivity index (χ0n) is 29.7. The van der Waals surface area contributed by atoms with Gasteiger partial charge in [-0.1, -0.05) is 141 Å². The Morgan fingerprint density at radius 2 is 1.17 bits per heavy atom. The summed E-state index contributed by atoms with van der Waals surface area (Å²) >= 11 is 0. The molecule has 1 aromatic heterocycles. The van der Waals surface area contributed by atoms with Crippen molar-refractivity contribution >= 4 is 49.1 Å². The molecule has 3 aliphatic carbocycles. The number of para-hydroxylation sites is 1. The molecule has 0 unspecified atom stereocenters. The lowest BCUT2D eigenvalue weighted by molar-refractivity contribution is 0.661. The predicted molar refractivity (Wildman–Crippen MR) is 221 cm³/mol. The lowest BCUT2D eigenvalue weighted by Gasteiger charge is -2.22. The molecule has 0 saturated carbocycles. The van der Waals surface area contributed by atoms with Gasteiger partial charge >= 0.3 is 0 Å². The first-order valence-corrected chi connectivity index (χ1v) is 18.7. The van der Waals surface area contributed by atoms with Gasteiger partial charge in [-0.3, -0.25) is 0 Å². The highest BCUT2D eigenvalue weighted by Crippen LogP contribution is 2.52. The van der Waals surface area contributed by atoms with Crippen molar-refractivity contribution in [3.05, 3.63) is 186 Å². The minimum absolute atomic E-state index is 0.118. The van der Waals surface area contributed by atoms with Gasteiger partial charge in [-0.25, -0.2) is 0 Å². The molecule has 0 aliphatic heterocycles. The first-order valence-electron chi connectivity index (χ1n) is 18.7. The van der Waals surface area contributed by atoms with Gasteiger partial charge in [0.2, 0.25) is 0 Å². The summed E-state index contributed by atoms with van der Waals surface area (Å²) in [4.78, 5) is 0. The van der Waals surface area contributed by atoms with Crippen LogP contribution >= 0.6 is 0 Å². The van der Waals surface area contributed by atoms with Crippen LogP contribution in [0.4, 0.5) is 0 Å². The lowest BCUT2D eigenvalue weighted by Crippen LogP contribution is -2.14. The Morgan fingerprint density at radius 3 is 1.96 bits per heavy atom. The minimum atomic E-state index is -0.118. The summed E-state index contributed by atoms with van der Waals surface area (Å²) in [6, 6.07) is 47.1. The van der Waals surface area contributed by atoms with Gasteiger partial charge in [0.15, 0.2) is 0 Å². The van der Waals surface area contributed by atoms with Gasteiger partial charge < -0.3 is 4.42 Å². The second kappa shape index (κ2) is 12.1. The van der Waals surface area contributed by atoms with Crippen LogP contribution in [-0.2, 0) is 5.41 Å². The van der Waals surface area contributed by atoms with E-state index in [9.17, 15) is 0 Å². The molecule has 1 heteroatoms. The first kappa shape index (κ1) is 30.9. The van der Waals surface area contributed by atoms with Crippen LogP contribution in [0.2, 0.25) is 0 Å². The number of benzene rings is 5. The van der Waals surface area contributed by atoms with Crippen LogP contribution < -0.4 is 0 Å². The molecule has 3 aliphatic rings. The molecule has 0 fully saturated rings. The van der Waals surface area contributed by atoms with E-state index in [1.165, 1.54) is 88.0 Å². The van der Waals surface area contributed by atoms with Crippen molar-refractivity contribution in [3.8, 4) is 22.3 Å². The van der Waals surface area contributed by atoms with E-state index in [2.05, 4.69) is 166 Å². The van der Waals surface area contributed by atoms with Gasteiger partial charge in [0, 0.05) is 21.6 Å². The van der Waals surface area contributed by atoms with E-state index in [-0.39, 0.29) is 5.41 Å². The van der Waals surface area contributed by atoms with Crippen molar-refractivity contribution in [2.75, 3.05) is 0 Å². The Kier molecular flexibility index (Phi) is 7.18. The Morgan fingerprint density at radius 1 is 0.481 bits per heavy atom. The number of hydrogen-bond donors (Lipinski definition) is 0. The zero-order valence-corrected chi connectivity index (χ0v) is 29.7. The normalized spacial score (nSPS) is 16.0. The van der Waals surface area contributed by atoms with Gasteiger partial charge in [-0.15, -0.1) is 0 Å². The van der Waals surface area contributed by atoms with Gasteiger partial charge in [0.05, 0.1) is 0 Å². The van der Waals surface area contributed by atoms with E-state index >= 15 is 0 Å². The predicted octanol–water partition coefficient (Wildman–Crippen LogP) is 14.4. The summed E-state index contributed by atoms with van der Waals surface area (Å²) in [5.41, 5.74) is 15.3. The van der Waals surface area contributed by atoms with Gasteiger partial charge in [-0.2, -0.15) is 0 Å². The third-order valence-electron chi connectivity index (χ3n) is 11.8. The first-order chi connectivity index (χ1) is 25.5. The van der Waals surface area contributed by atoms with Crippen LogP contribution in [0.1, 0.15) is 56.2 Å². The average molecular weight is 669 g/mol. The van der Waals surface area contributed by atoms with E-state index in [4.69, 9.17) is 4.42 Å². The Hall–Kier alpha value is -5.92. The SMILES string of the molecule is CC1(C)c2ccc(-c3ccccccc(C4=CC=C(C5=CC=CCC5)CC4)c4ccccc34)cc2-c2cc3c(ccc4c5ccccc5oc34)cc21. The van der Waals surface area contributed by atoms with Crippen molar-refractivity contribution in [1.29, 1.82) is 0 Å². The molecule has 0 radical (unpaired) electrons. The monoisotopic (exact) mass is 668 g/mol. The third-order valence-corrected chi connectivity index (χ3v) is 11.8. The van der Waals surface area contributed by atoms with E-state index in [1.54, 1.807) is 0 Å². The number of allylic oxidation sites excluding steroid dienone is 8. The summed E-state index contributed by atoms with van der Waals surface area (Å²) in [6.45, 7) is 4.73. The molecule has 52 heavy (non-hydrogen) atoms. The number of fused-ring (bicyclic) bond motifs is 9. The van der Waals surface area contributed by atoms with Crippen LogP contribution in [-0.4, -0.2) is 0 Å². The molecule has 0 bridgehead atoms. The zero-order chi connectivity index (χ0) is 34.8. The molecule has 1 heterocycles. The number of furan rings is 1. The van der Waals surface area contributed by atoms with E-state index < -0.39 is 0 Å². The molecule has 7 aromatic rings. The maximum Gasteiger partial charge on any atom is 0.143 e. The maximum atomic E-state index is 6.53. The molecular formula is C51H40O. The molecule has 0 N–H and O–H groups in total. The molecule has 250 valence electrons. The lowest BCUT2D eigenvalue weighted by atomic mass is 9.81. The Bertz CT molecular complexity index is 2810. The van der Waals surface area contributed by atoms with Crippen molar-refractivity contribution in [2.24, 2.45) is 0 Å². The van der Waals surface area contributed by atoms with Gasteiger partial charge in [0.1, 0.15) is 11.2 Å². The summed E-state index contributed by atoms with van der Waals surface area (Å²) in [5, 5.41) is 7.26. The summed E-state index contributed by atoms with van der Waals surface area (Å²) in [6.07, 6.45) is 15.9. The molecule has 0 atom stereocenters. The van der Waals surface area contributed by atoms with Gasteiger partial charge in [-0.05, 0) is 128 Å². The second-order valence-corrected chi connectivity index (χ2v) is 15.1. The fourth-order valence-corrected chi connectivity index (χ4v) is 9.02. The Balaban J connectivity index is 1.16. The molecule has 1 nitrogen and oxygen atoms in total. The molecular weight excluding hydrogens is 629 g/mol. The molecule has 6 aromatic carbocycles. The maximum absolute atomic E-state index is 6.53. The smallest absolute Gasteiger partial charge is 0.143 e. The Labute approximate surface area is 305 Å². The minimum Gasteiger partial charge on any atom is -0.455 e. The third kappa shape index (κ3) is 4.91. The standard InChI is InChI=1S/C51H40O/c1-51(2)47-29-27-36(30-45(47)46-32-44-37(31-48(46)51)26-28-43-42-20-12-13-21-49(42)52-50(43)44)39-17-9-4-3-8-16-38(40-18-10-11-19-41(39)40)35-24-22-34(23-25-35)33-14-6-5-7-15-33/h3-6,8-14,16-22,24,26-32H,7,15,23,25H2,1-2H3. The van der Waals surface area contributed by atoms with Crippen molar-refractivity contribution in [2.45, 2.75) is 44.9 Å². The summed E-state index contributed by atoms with van der Waals surface area (Å²) in [7, 11) is 0. The quantitative estimate of drug-likeness (QED) is 0.183. The fourth-order valence-electron chi connectivity index (χ4n) is 9.02. The largest absolute Gasteiger partial charge is 0.455 e. The molecule has 0 amide bonds. The van der Waals surface area contributed by atoms with E-state index in [0.717, 1.165) is 36.8 Å². The van der Waals surface area contributed by atoms with Crippen molar-refractivity contribution < 1.29 is 4.42 Å². The molecule has 0 spiro atoms.